The zero-order valence-corrected chi connectivity index (χ0v) is 14.5. The van der Waals surface area contributed by atoms with E-state index in [2.05, 4.69) is 15.8 Å². The number of rotatable bonds is 5. The summed E-state index contributed by atoms with van der Waals surface area (Å²) in [6.45, 7) is 4.01. The Morgan fingerprint density at radius 3 is 2.69 bits per heavy atom. The molecule has 0 aliphatic carbocycles. The van der Waals surface area contributed by atoms with Gasteiger partial charge in [0.05, 0.1) is 7.11 Å². The second-order valence-electron chi connectivity index (χ2n) is 6.15. The van der Waals surface area contributed by atoms with Gasteiger partial charge in [-0.2, -0.15) is 5.10 Å². The molecule has 0 spiro atoms. The van der Waals surface area contributed by atoms with Crippen molar-refractivity contribution in [3.8, 4) is 5.75 Å². The molecule has 0 radical (unpaired) electrons. The number of hydrazone groups is 1. The number of methoxy groups -OCH3 is 1. The quantitative estimate of drug-likeness (QED) is 0.729. The molecule has 8 nitrogen and oxygen atoms in total. The molecule has 142 valence electrons. The van der Waals surface area contributed by atoms with Crippen LogP contribution in [0.5, 0.6) is 5.75 Å². The normalized spacial score (nSPS) is 27.0. The molecule has 1 aromatic carbocycles. The van der Waals surface area contributed by atoms with Crippen molar-refractivity contribution in [3.63, 3.8) is 0 Å². The Kier molecular flexibility index (Phi) is 4.61. The number of halogens is 2. The Morgan fingerprint density at radius 2 is 2.15 bits per heavy atom. The van der Waals surface area contributed by atoms with E-state index in [-0.39, 0.29) is 17.9 Å². The van der Waals surface area contributed by atoms with E-state index in [0.29, 0.717) is 12.4 Å². The Hall–Kier alpha value is -2.62. The van der Waals surface area contributed by atoms with Crippen LogP contribution in [-0.4, -0.2) is 54.1 Å². The van der Waals surface area contributed by atoms with Gasteiger partial charge in [-0.3, -0.25) is 5.43 Å². The van der Waals surface area contributed by atoms with Crippen LogP contribution in [-0.2, 0) is 4.74 Å². The molecule has 0 bridgehead atoms. The van der Waals surface area contributed by atoms with Gasteiger partial charge in [0.2, 0.25) is 5.85 Å². The van der Waals surface area contributed by atoms with Crippen LogP contribution in [0.4, 0.5) is 13.6 Å². The number of nitrogens with zero attached hydrogens (tertiary/aromatic N) is 2. The van der Waals surface area contributed by atoms with E-state index in [9.17, 15) is 13.6 Å². The van der Waals surface area contributed by atoms with Gasteiger partial charge in [0.25, 0.3) is 0 Å². The van der Waals surface area contributed by atoms with Gasteiger partial charge in [-0.05, 0) is 6.92 Å². The first-order valence-electron chi connectivity index (χ1n) is 8.09. The van der Waals surface area contributed by atoms with Gasteiger partial charge in [-0.15, -0.1) is 0 Å². The van der Waals surface area contributed by atoms with Crippen molar-refractivity contribution in [1.29, 1.82) is 0 Å². The molecule has 0 aromatic heterocycles. The zero-order chi connectivity index (χ0) is 19.1. The van der Waals surface area contributed by atoms with E-state index < -0.39 is 35.5 Å². The van der Waals surface area contributed by atoms with E-state index in [1.165, 1.54) is 7.11 Å². The predicted molar refractivity (Wildman–Crippen MR) is 87.9 cm³/mol. The Balaban J connectivity index is 2.02. The molecule has 3 N–H and O–H groups in total. The third kappa shape index (κ3) is 2.90. The molecule has 1 unspecified atom stereocenters. The van der Waals surface area contributed by atoms with E-state index >= 15 is 0 Å². The second kappa shape index (κ2) is 6.60. The molecule has 3 rings (SSSR count). The number of carboxylic acid groups (broad SMARTS) is 1. The van der Waals surface area contributed by atoms with E-state index in [4.69, 9.17) is 14.6 Å². The Bertz CT molecular complexity index is 737. The summed E-state index contributed by atoms with van der Waals surface area (Å²) in [5, 5.41) is 15.6. The summed E-state index contributed by atoms with van der Waals surface area (Å²) in [4.78, 5) is 12.9. The molecular weight excluding hydrogens is 350 g/mol. The lowest BCUT2D eigenvalue weighted by Gasteiger charge is -2.33. The molecule has 2 heterocycles. The van der Waals surface area contributed by atoms with E-state index in [1.54, 1.807) is 18.7 Å². The summed E-state index contributed by atoms with van der Waals surface area (Å²) in [5.41, 5.74) is 2.59. The molecule has 2 aliphatic heterocycles. The van der Waals surface area contributed by atoms with Crippen molar-refractivity contribution in [2.45, 2.75) is 31.7 Å². The van der Waals surface area contributed by atoms with Crippen LogP contribution in [0.1, 0.15) is 25.3 Å². The van der Waals surface area contributed by atoms with Crippen molar-refractivity contribution in [2.75, 3.05) is 20.3 Å². The highest BCUT2D eigenvalue weighted by molar-refractivity contribution is 5.94. The molecule has 3 atom stereocenters. The lowest BCUT2D eigenvalue weighted by Crippen LogP contribution is -2.53. The number of amides is 1. The predicted octanol–water partition coefficient (Wildman–Crippen LogP) is 1.64. The first-order valence-corrected chi connectivity index (χ1v) is 8.09. The lowest BCUT2D eigenvalue weighted by atomic mass is 9.92. The molecule has 1 saturated heterocycles. The van der Waals surface area contributed by atoms with Crippen LogP contribution >= 0.6 is 0 Å². The van der Waals surface area contributed by atoms with Crippen molar-refractivity contribution >= 4 is 11.9 Å². The molecule has 1 aromatic rings. The van der Waals surface area contributed by atoms with Gasteiger partial charge < -0.3 is 24.8 Å². The summed E-state index contributed by atoms with van der Waals surface area (Å²) in [5.74, 6) is -3.09. The van der Waals surface area contributed by atoms with Gasteiger partial charge in [0, 0.05) is 43.7 Å². The molecular formula is C16H20F2N4O4. The topological polar surface area (TPSA) is 95.4 Å². The summed E-state index contributed by atoms with van der Waals surface area (Å²) in [6, 6.07) is 1.21. The summed E-state index contributed by atoms with van der Waals surface area (Å²) in [6.07, 6.45) is -1.32. The van der Waals surface area contributed by atoms with Crippen LogP contribution < -0.4 is 15.5 Å². The molecule has 1 amide bonds. The third-order valence-electron chi connectivity index (χ3n) is 4.59. The largest absolute Gasteiger partial charge is 0.497 e. The van der Waals surface area contributed by atoms with Gasteiger partial charge in [-0.1, -0.05) is 0 Å². The van der Waals surface area contributed by atoms with Crippen LogP contribution in [0, 0.1) is 11.6 Å². The summed E-state index contributed by atoms with van der Waals surface area (Å²) < 4.78 is 39.7. The van der Waals surface area contributed by atoms with Gasteiger partial charge >= 0.3 is 6.09 Å². The fraction of sp³-hybridized carbons (Fsp3) is 0.500. The van der Waals surface area contributed by atoms with Crippen molar-refractivity contribution in [1.82, 2.24) is 15.6 Å². The highest BCUT2D eigenvalue weighted by Gasteiger charge is 2.52. The van der Waals surface area contributed by atoms with Gasteiger partial charge in [0.15, 0.2) is 5.84 Å². The Labute approximate surface area is 148 Å². The molecule has 1 fully saturated rings. The lowest BCUT2D eigenvalue weighted by molar-refractivity contribution is -0.120. The van der Waals surface area contributed by atoms with Crippen LogP contribution in [0.15, 0.2) is 17.2 Å². The highest BCUT2D eigenvalue weighted by atomic mass is 19.1. The average Bonchev–Trinajstić information content (AvgIpc) is 3.06. The molecule has 0 saturated carbocycles. The first-order chi connectivity index (χ1) is 12.3. The number of hydrogen-bond acceptors (Lipinski definition) is 6. The average molecular weight is 370 g/mol. The smallest absolute Gasteiger partial charge is 0.405 e. The molecule has 2 aliphatic rings. The number of hydrogen-bond donors (Lipinski definition) is 3. The maximum Gasteiger partial charge on any atom is 0.405 e. The molecule has 10 heteroatoms. The fourth-order valence-corrected chi connectivity index (χ4v) is 3.47. The van der Waals surface area contributed by atoms with Crippen molar-refractivity contribution in [2.24, 2.45) is 5.10 Å². The number of amidine groups is 1. The molecule has 26 heavy (non-hydrogen) atoms. The summed E-state index contributed by atoms with van der Waals surface area (Å²) in [7, 11) is 1.31. The maximum absolute atomic E-state index is 14.6. The third-order valence-corrected chi connectivity index (χ3v) is 4.59. The minimum Gasteiger partial charge on any atom is -0.497 e. The van der Waals surface area contributed by atoms with Gasteiger partial charge in [0.1, 0.15) is 23.4 Å². The van der Waals surface area contributed by atoms with Crippen LogP contribution in [0.25, 0.3) is 0 Å². The van der Waals surface area contributed by atoms with Crippen LogP contribution in [0.3, 0.4) is 0 Å². The number of fused-ring (bicyclic) bond motifs is 1. The number of ether oxygens (including phenoxy) is 2. The number of nitrogens with one attached hydrogen (secondary N) is 2. The second-order valence-corrected chi connectivity index (χ2v) is 6.15. The monoisotopic (exact) mass is 370 g/mol. The standard InChI is InChI=1S/C16H20F2N4O4/c1-4-26-16(2)21-20-14-13(19-15(23)24)9(7-22(14)16)12-10(17)5-8(25-3)6-11(12)18/h5-6,9,13,19,21H,4,7H2,1-3H3,(H,23,24)/t9-,13-,16?/m0/s1. The van der Waals surface area contributed by atoms with Crippen LogP contribution in [0.2, 0.25) is 0 Å². The minimum absolute atomic E-state index is 0.0446. The van der Waals surface area contributed by atoms with E-state index in [1.807, 2.05) is 0 Å². The first kappa shape index (κ1) is 18.2. The number of carbonyl (C=O) groups is 1. The minimum atomic E-state index is -1.32. The maximum atomic E-state index is 14.6. The SMILES string of the molecule is CCOC1(C)NN=C2[C@@H](NC(=O)O)[C@H](c3c(F)cc(OC)cc3F)CN21. The van der Waals surface area contributed by atoms with Crippen molar-refractivity contribution < 1.29 is 28.2 Å². The van der Waals surface area contributed by atoms with Gasteiger partial charge in [-0.25, -0.2) is 13.6 Å². The van der Waals surface area contributed by atoms with Crippen molar-refractivity contribution in [3.05, 3.63) is 29.3 Å². The zero-order valence-electron chi connectivity index (χ0n) is 14.5. The summed E-state index contributed by atoms with van der Waals surface area (Å²) >= 11 is 0. The number of benzene rings is 1. The highest BCUT2D eigenvalue weighted by Crippen LogP contribution is 2.39. The van der Waals surface area contributed by atoms with E-state index in [0.717, 1.165) is 12.1 Å². The Morgan fingerprint density at radius 1 is 1.50 bits per heavy atom. The fourth-order valence-electron chi connectivity index (χ4n) is 3.47.